The number of H-pyrrole nitrogens is 1. The lowest BCUT2D eigenvalue weighted by Gasteiger charge is -2.19. The van der Waals surface area contributed by atoms with Crippen molar-refractivity contribution in [3.63, 3.8) is 0 Å². The normalized spacial score (nSPS) is 12.0. The first-order valence-corrected chi connectivity index (χ1v) is 9.39. The molecule has 0 saturated carbocycles. The smallest absolute Gasteiger partial charge is 0.0651 e. The van der Waals surface area contributed by atoms with Gasteiger partial charge in [0.2, 0.25) is 0 Å². The molecule has 0 fully saturated rings. The molecule has 0 aliphatic rings. The molecule has 3 aromatic rings. The number of nitrogens with one attached hydrogen (secondary N) is 1. The van der Waals surface area contributed by atoms with Crippen molar-refractivity contribution in [1.29, 1.82) is 0 Å². The van der Waals surface area contributed by atoms with Crippen LogP contribution in [0.25, 0.3) is 22.2 Å². The fraction of sp³-hybridized carbons (Fsp3) is 0.364. The average Bonchev–Trinajstić information content (AvgIpc) is 2.95. The molecule has 2 aromatic carbocycles. The summed E-state index contributed by atoms with van der Waals surface area (Å²) in [5, 5.41) is 1.99. The SMILES string of the molecule is CC(C)(C)c1ccc(-c2[nH]c3c(Cl)cccc3c2CCCCN)cc1. The lowest BCUT2D eigenvalue weighted by molar-refractivity contribution is 0.590. The minimum atomic E-state index is 0.159. The lowest BCUT2D eigenvalue weighted by atomic mass is 9.86. The van der Waals surface area contributed by atoms with E-state index < -0.39 is 0 Å². The number of para-hydroxylation sites is 1. The van der Waals surface area contributed by atoms with Crippen molar-refractivity contribution in [2.24, 2.45) is 5.73 Å². The number of nitrogens with two attached hydrogens (primary N) is 1. The van der Waals surface area contributed by atoms with Gasteiger partial charge < -0.3 is 10.7 Å². The van der Waals surface area contributed by atoms with E-state index in [2.05, 4.69) is 56.1 Å². The summed E-state index contributed by atoms with van der Waals surface area (Å²) in [4.78, 5) is 3.57. The van der Waals surface area contributed by atoms with E-state index >= 15 is 0 Å². The number of rotatable bonds is 5. The third-order valence-electron chi connectivity index (χ3n) is 4.81. The van der Waals surface area contributed by atoms with Crippen LogP contribution in [0.15, 0.2) is 42.5 Å². The molecule has 3 rings (SSSR count). The minimum Gasteiger partial charge on any atom is -0.353 e. The quantitative estimate of drug-likeness (QED) is 0.536. The van der Waals surface area contributed by atoms with Gasteiger partial charge in [-0.25, -0.2) is 0 Å². The molecule has 0 atom stereocenters. The summed E-state index contributed by atoms with van der Waals surface area (Å²) in [6, 6.07) is 15.0. The second-order valence-electron chi connectivity index (χ2n) is 7.71. The van der Waals surface area contributed by atoms with Gasteiger partial charge in [0.15, 0.2) is 0 Å². The Kier molecular flexibility index (Phi) is 5.21. The van der Waals surface area contributed by atoms with Crippen molar-refractivity contribution in [3.05, 3.63) is 58.6 Å². The zero-order chi connectivity index (χ0) is 18.0. The van der Waals surface area contributed by atoms with Crippen LogP contribution in [0.1, 0.15) is 44.7 Å². The maximum absolute atomic E-state index is 6.42. The molecule has 0 spiro atoms. The van der Waals surface area contributed by atoms with Gasteiger partial charge in [0.25, 0.3) is 0 Å². The first-order valence-electron chi connectivity index (χ1n) is 9.02. The van der Waals surface area contributed by atoms with E-state index in [4.69, 9.17) is 17.3 Å². The molecule has 1 aromatic heterocycles. The van der Waals surface area contributed by atoms with Gasteiger partial charge in [0.1, 0.15) is 0 Å². The molecule has 0 radical (unpaired) electrons. The fourth-order valence-electron chi connectivity index (χ4n) is 3.33. The molecule has 1 heterocycles. The Bertz CT molecular complexity index is 854. The zero-order valence-electron chi connectivity index (χ0n) is 15.3. The van der Waals surface area contributed by atoms with Gasteiger partial charge >= 0.3 is 0 Å². The Morgan fingerprint density at radius 2 is 1.72 bits per heavy atom. The zero-order valence-corrected chi connectivity index (χ0v) is 16.1. The van der Waals surface area contributed by atoms with Crippen molar-refractivity contribution in [3.8, 4) is 11.3 Å². The molecule has 0 unspecified atom stereocenters. The van der Waals surface area contributed by atoms with Crippen LogP contribution in [0.2, 0.25) is 5.02 Å². The largest absolute Gasteiger partial charge is 0.353 e. The number of aryl methyl sites for hydroxylation is 1. The van der Waals surface area contributed by atoms with E-state index in [1.807, 2.05) is 12.1 Å². The highest BCUT2D eigenvalue weighted by atomic mass is 35.5. The summed E-state index contributed by atoms with van der Waals surface area (Å²) in [6.45, 7) is 7.45. The molecule has 25 heavy (non-hydrogen) atoms. The van der Waals surface area contributed by atoms with Gasteiger partial charge in [-0.05, 0) is 54.0 Å². The summed E-state index contributed by atoms with van der Waals surface area (Å²) in [7, 11) is 0. The van der Waals surface area contributed by atoms with Crippen LogP contribution in [0.4, 0.5) is 0 Å². The molecule has 2 nitrogen and oxygen atoms in total. The lowest BCUT2D eigenvalue weighted by Crippen LogP contribution is -2.10. The van der Waals surface area contributed by atoms with Gasteiger partial charge in [0.05, 0.1) is 10.5 Å². The maximum atomic E-state index is 6.42. The molecule has 0 aliphatic carbocycles. The van der Waals surface area contributed by atoms with Crippen LogP contribution < -0.4 is 5.73 Å². The summed E-state index contributed by atoms with van der Waals surface area (Å²) in [6.07, 6.45) is 3.13. The summed E-state index contributed by atoms with van der Waals surface area (Å²) >= 11 is 6.42. The second kappa shape index (κ2) is 7.23. The number of unbranched alkanes of at least 4 members (excludes halogenated alkanes) is 1. The van der Waals surface area contributed by atoms with E-state index in [0.29, 0.717) is 0 Å². The summed E-state index contributed by atoms with van der Waals surface area (Å²) in [5.41, 5.74) is 11.9. The Balaban J connectivity index is 2.08. The number of fused-ring (bicyclic) bond motifs is 1. The second-order valence-corrected chi connectivity index (χ2v) is 8.12. The van der Waals surface area contributed by atoms with Crippen molar-refractivity contribution < 1.29 is 0 Å². The van der Waals surface area contributed by atoms with E-state index in [0.717, 1.165) is 36.3 Å². The van der Waals surface area contributed by atoms with Crippen LogP contribution >= 0.6 is 11.6 Å². The summed E-state index contributed by atoms with van der Waals surface area (Å²) in [5.74, 6) is 0. The molecule has 3 heteroatoms. The van der Waals surface area contributed by atoms with Crippen LogP contribution in [0.5, 0.6) is 0 Å². The first kappa shape index (κ1) is 18.0. The first-order chi connectivity index (χ1) is 11.9. The monoisotopic (exact) mass is 354 g/mol. The van der Waals surface area contributed by atoms with Crippen LogP contribution in [-0.2, 0) is 11.8 Å². The average molecular weight is 355 g/mol. The van der Waals surface area contributed by atoms with Gasteiger partial charge in [-0.1, -0.05) is 68.8 Å². The molecule has 3 N–H and O–H groups in total. The van der Waals surface area contributed by atoms with Crippen molar-refractivity contribution in [2.75, 3.05) is 6.54 Å². The number of benzene rings is 2. The highest BCUT2D eigenvalue weighted by Crippen LogP contribution is 2.35. The van der Waals surface area contributed by atoms with E-state index in [9.17, 15) is 0 Å². The predicted molar refractivity (Wildman–Crippen MR) is 109 cm³/mol. The highest BCUT2D eigenvalue weighted by Gasteiger charge is 2.17. The van der Waals surface area contributed by atoms with E-state index in [-0.39, 0.29) is 5.41 Å². The van der Waals surface area contributed by atoms with Crippen LogP contribution in [0.3, 0.4) is 0 Å². The molecule has 0 saturated heterocycles. The summed E-state index contributed by atoms with van der Waals surface area (Å²) < 4.78 is 0. The Labute approximate surface area is 155 Å². The number of aromatic amines is 1. The van der Waals surface area contributed by atoms with Crippen LogP contribution in [0, 0.1) is 0 Å². The molecular formula is C22H27ClN2. The third-order valence-corrected chi connectivity index (χ3v) is 5.13. The molecule has 0 bridgehead atoms. The molecule has 132 valence electrons. The third kappa shape index (κ3) is 3.75. The molecule has 0 aliphatic heterocycles. The number of hydrogen-bond acceptors (Lipinski definition) is 1. The molecular weight excluding hydrogens is 328 g/mol. The van der Waals surface area contributed by atoms with Gasteiger partial charge in [0, 0.05) is 11.1 Å². The Morgan fingerprint density at radius 3 is 2.36 bits per heavy atom. The van der Waals surface area contributed by atoms with E-state index in [1.165, 1.54) is 27.8 Å². The Hall–Kier alpha value is -1.77. The standard InChI is InChI=1S/C22H27ClN2/c1-22(2,3)16-12-10-15(11-13-16)20-17(7-4-5-14-24)18-8-6-9-19(23)21(18)25-20/h6,8-13,25H,4-5,7,14,24H2,1-3H3. The number of aromatic nitrogens is 1. The number of hydrogen-bond donors (Lipinski definition) is 2. The highest BCUT2D eigenvalue weighted by molar-refractivity contribution is 6.35. The minimum absolute atomic E-state index is 0.159. The molecule has 0 amide bonds. The van der Waals surface area contributed by atoms with Crippen molar-refractivity contribution in [1.82, 2.24) is 4.98 Å². The van der Waals surface area contributed by atoms with Crippen molar-refractivity contribution >= 4 is 22.5 Å². The van der Waals surface area contributed by atoms with Crippen molar-refractivity contribution in [2.45, 2.75) is 45.4 Å². The van der Waals surface area contributed by atoms with Gasteiger partial charge in [-0.15, -0.1) is 0 Å². The Morgan fingerprint density at radius 1 is 1.00 bits per heavy atom. The predicted octanol–water partition coefficient (Wildman–Crippen LogP) is 6.07. The van der Waals surface area contributed by atoms with E-state index in [1.54, 1.807) is 0 Å². The topological polar surface area (TPSA) is 41.8 Å². The van der Waals surface area contributed by atoms with Gasteiger partial charge in [-0.3, -0.25) is 0 Å². The van der Waals surface area contributed by atoms with Crippen LogP contribution in [-0.4, -0.2) is 11.5 Å². The van der Waals surface area contributed by atoms with Gasteiger partial charge in [-0.2, -0.15) is 0 Å². The maximum Gasteiger partial charge on any atom is 0.0651 e. The number of halogens is 1. The fourth-order valence-corrected chi connectivity index (χ4v) is 3.55.